The van der Waals surface area contributed by atoms with E-state index in [2.05, 4.69) is 20.9 Å². The number of hydrogen-bond acceptors (Lipinski definition) is 4. The predicted molar refractivity (Wildman–Crippen MR) is 135 cm³/mol. The van der Waals surface area contributed by atoms with E-state index in [1.807, 2.05) is 24.3 Å². The van der Waals surface area contributed by atoms with E-state index < -0.39 is 17.3 Å². The first kappa shape index (κ1) is 22.3. The average molecular weight is 486 g/mol. The fourth-order valence-corrected chi connectivity index (χ4v) is 4.97. The number of fused-ring (bicyclic) bond motifs is 3. The first-order valence-electron chi connectivity index (χ1n) is 11.7. The van der Waals surface area contributed by atoms with Crippen LogP contribution >= 0.6 is 0 Å². The van der Waals surface area contributed by atoms with E-state index in [0.29, 0.717) is 21.8 Å². The van der Waals surface area contributed by atoms with Crippen molar-refractivity contribution in [2.45, 2.75) is 19.0 Å². The van der Waals surface area contributed by atoms with Gasteiger partial charge in [0.15, 0.2) is 0 Å². The van der Waals surface area contributed by atoms with Gasteiger partial charge in [0.05, 0.1) is 28.0 Å². The summed E-state index contributed by atoms with van der Waals surface area (Å²) in [5.74, 6) is 0. The predicted octanol–water partition coefficient (Wildman–Crippen LogP) is 6.22. The number of nitrogens with zero attached hydrogens (tertiary/aromatic N) is 4. The van der Waals surface area contributed by atoms with Crippen LogP contribution in [0.5, 0.6) is 0 Å². The highest BCUT2D eigenvalue weighted by molar-refractivity contribution is 6.05. The van der Waals surface area contributed by atoms with E-state index in [4.69, 9.17) is 0 Å². The summed E-state index contributed by atoms with van der Waals surface area (Å²) in [6.07, 6.45) is 1.12. The molecule has 0 N–H and O–H groups in total. The maximum atomic E-state index is 13.4. The molecule has 0 unspecified atom stereocenters. The van der Waals surface area contributed by atoms with Gasteiger partial charge in [-0.25, -0.2) is 0 Å². The highest BCUT2D eigenvalue weighted by atomic mass is 19.4. The fourth-order valence-electron chi connectivity index (χ4n) is 4.97. The van der Waals surface area contributed by atoms with Crippen LogP contribution in [0, 0.1) is 0 Å². The smallest absolute Gasteiger partial charge is 0.370 e. The van der Waals surface area contributed by atoms with Crippen LogP contribution < -0.4 is 10.5 Å². The molecule has 1 saturated heterocycles. The van der Waals surface area contributed by atoms with Crippen LogP contribution in [0.1, 0.15) is 18.4 Å². The zero-order valence-corrected chi connectivity index (χ0v) is 19.2. The lowest BCUT2D eigenvalue weighted by atomic mass is 10.0. The third-order valence-corrected chi connectivity index (χ3v) is 6.66. The summed E-state index contributed by atoms with van der Waals surface area (Å²) in [7, 11) is 0. The van der Waals surface area contributed by atoms with E-state index in [-0.39, 0.29) is 5.69 Å². The summed E-state index contributed by atoms with van der Waals surface area (Å²) in [5.41, 5.74) is 2.77. The van der Waals surface area contributed by atoms with Crippen molar-refractivity contribution in [3.63, 3.8) is 0 Å². The molecule has 0 amide bonds. The van der Waals surface area contributed by atoms with Crippen LogP contribution in [-0.2, 0) is 6.18 Å². The molecule has 1 fully saturated rings. The highest BCUT2D eigenvalue weighted by Gasteiger charge is 2.30. The Morgan fingerprint density at radius 3 is 2.50 bits per heavy atom. The summed E-state index contributed by atoms with van der Waals surface area (Å²) in [6, 6.07) is 17.5. The zero-order valence-electron chi connectivity index (χ0n) is 19.2. The van der Waals surface area contributed by atoms with Crippen molar-refractivity contribution in [3.8, 4) is 16.9 Å². The second kappa shape index (κ2) is 8.48. The standard InChI is InChI=1S/C28H21F3N4O/c29-28(30,31)20-5-3-6-21(16-20)35-25(36)11-9-19-17-33-23-10-8-18(15-22(23)27(19)35)26-24(7-4-12-32-26)34-13-1-2-14-34/h3-12,15-17H,1-2,13-14H2. The normalized spacial score (nSPS) is 14.1. The van der Waals surface area contributed by atoms with Crippen molar-refractivity contribution in [1.82, 2.24) is 14.5 Å². The Balaban J connectivity index is 1.62. The maximum Gasteiger partial charge on any atom is 0.416 e. The summed E-state index contributed by atoms with van der Waals surface area (Å²) < 4.78 is 41.7. The van der Waals surface area contributed by atoms with Gasteiger partial charge in [-0.1, -0.05) is 12.1 Å². The van der Waals surface area contributed by atoms with Crippen LogP contribution in [0.2, 0.25) is 0 Å². The molecule has 0 saturated carbocycles. The first-order valence-corrected chi connectivity index (χ1v) is 11.7. The number of pyridine rings is 3. The van der Waals surface area contributed by atoms with Gasteiger partial charge in [-0.3, -0.25) is 19.3 Å². The second-order valence-corrected chi connectivity index (χ2v) is 8.91. The highest BCUT2D eigenvalue weighted by Crippen LogP contribution is 2.35. The molecule has 1 aliphatic rings. The number of aromatic nitrogens is 3. The minimum atomic E-state index is -4.52. The lowest BCUT2D eigenvalue weighted by molar-refractivity contribution is -0.137. The van der Waals surface area contributed by atoms with Crippen molar-refractivity contribution in [3.05, 3.63) is 95.0 Å². The minimum Gasteiger partial charge on any atom is -0.370 e. The monoisotopic (exact) mass is 486 g/mol. The number of halogens is 3. The van der Waals surface area contributed by atoms with E-state index in [0.717, 1.165) is 55.0 Å². The van der Waals surface area contributed by atoms with Crippen LogP contribution in [-0.4, -0.2) is 27.6 Å². The molecule has 5 aromatic rings. The van der Waals surface area contributed by atoms with E-state index >= 15 is 0 Å². The van der Waals surface area contributed by atoms with Crippen molar-refractivity contribution in [2.75, 3.05) is 18.0 Å². The largest absolute Gasteiger partial charge is 0.416 e. The van der Waals surface area contributed by atoms with Gasteiger partial charge in [-0.05, 0) is 61.4 Å². The first-order chi connectivity index (χ1) is 17.4. The number of anilines is 1. The molecule has 3 aromatic heterocycles. The Kier molecular flexibility index (Phi) is 5.25. The molecule has 2 aromatic carbocycles. The Labute approximate surface area is 204 Å². The summed E-state index contributed by atoms with van der Waals surface area (Å²) in [5, 5.41) is 1.32. The molecule has 8 heteroatoms. The second-order valence-electron chi connectivity index (χ2n) is 8.91. The van der Waals surface area contributed by atoms with Crippen molar-refractivity contribution in [2.24, 2.45) is 0 Å². The molecular formula is C28H21F3N4O. The number of hydrogen-bond donors (Lipinski definition) is 0. The molecule has 0 atom stereocenters. The number of benzene rings is 2. The van der Waals surface area contributed by atoms with E-state index in [9.17, 15) is 18.0 Å². The lowest BCUT2D eigenvalue weighted by Crippen LogP contribution is -2.19. The molecule has 4 heterocycles. The van der Waals surface area contributed by atoms with E-state index in [1.165, 1.54) is 22.8 Å². The molecule has 180 valence electrons. The third kappa shape index (κ3) is 3.79. The summed E-state index contributed by atoms with van der Waals surface area (Å²) >= 11 is 0. The molecule has 36 heavy (non-hydrogen) atoms. The van der Waals surface area contributed by atoms with Gasteiger partial charge in [0.1, 0.15) is 0 Å². The Bertz CT molecular complexity index is 1670. The SMILES string of the molecule is O=c1ccc2cnc3ccc(-c4ncccc4N4CCCC4)cc3c2n1-c1cccc(C(F)(F)F)c1. The molecule has 1 aliphatic heterocycles. The van der Waals surface area contributed by atoms with Crippen LogP contribution in [0.25, 0.3) is 38.8 Å². The molecule has 5 nitrogen and oxygen atoms in total. The Morgan fingerprint density at radius 1 is 0.861 bits per heavy atom. The molecule has 0 aliphatic carbocycles. The van der Waals surface area contributed by atoms with Gasteiger partial charge >= 0.3 is 6.18 Å². The van der Waals surface area contributed by atoms with Gasteiger partial charge in [0, 0.05) is 53.6 Å². The number of rotatable bonds is 3. The van der Waals surface area contributed by atoms with Gasteiger partial charge < -0.3 is 4.90 Å². The Hall–Kier alpha value is -4.20. The number of alkyl halides is 3. The lowest BCUT2D eigenvalue weighted by Gasteiger charge is -2.21. The van der Waals surface area contributed by atoms with Gasteiger partial charge in [0.2, 0.25) is 0 Å². The molecule has 0 radical (unpaired) electrons. The van der Waals surface area contributed by atoms with Crippen LogP contribution in [0.15, 0.2) is 83.9 Å². The zero-order chi connectivity index (χ0) is 24.9. The molecule has 0 spiro atoms. The van der Waals surface area contributed by atoms with Crippen molar-refractivity contribution in [1.29, 1.82) is 0 Å². The molecule has 0 bridgehead atoms. The van der Waals surface area contributed by atoms with Gasteiger partial charge in [-0.15, -0.1) is 0 Å². The van der Waals surface area contributed by atoms with Crippen LogP contribution in [0.4, 0.5) is 18.9 Å². The van der Waals surface area contributed by atoms with E-state index in [1.54, 1.807) is 18.5 Å². The fraction of sp³-hybridized carbons (Fsp3) is 0.179. The van der Waals surface area contributed by atoms with Crippen molar-refractivity contribution >= 4 is 27.5 Å². The summed E-state index contributed by atoms with van der Waals surface area (Å²) in [4.78, 5) is 24.6. The topological polar surface area (TPSA) is 51.0 Å². The maximum absolute atomic E-state index is 13.4. The summed E-state index contributed by atoms with van der Waals surface area (Å²) in [6.45, 7) is 1.93. The van der Waals surface area contributed by atoms with Crippen LogP contribution in [0.3, 0.4) is 0 Å². The Morgan fingerprint density at radius 2 is 1.69 bits per heavy atom. The molecular weight excluding hydrogens is 465 g/mol. The third-order valence-electron chi connectivity index (χ3n) is 6.66. The van der Waals surface area contributed by atoms with Crippen molar-refractivity contribution < 1.29 is 13.2 Å². The molecule has 6 rings (SSSR count). The quantitative estimate of drug-likeness (QED) is 0.284. The minimum absolute atomic E-state index is 0.147. The average Bonchev–Trinajstić information content (AvgIpc) is 3.43. The van der Waals surface area contributed by atoms with Gasteiger partial charge in [0.25, 0.3) is 5.56 Å². The van der Waals surface area contributed by atoms with Gasteiger partial charge in [-0.2, -0.15) is 13.2 Å².